The molecule has 3 aromatic carbocycles. The van der Waals surface area contributed by atoms with Crippen molar-refractivity contribution >= 4 is 16.7 Å². The van der Waals surface area contributed by atoms with Crippen LogP contribution in [0.1, 0.15) is 55.9 Å². The zero-order valence-electron chi connectivity index (χ0n) is 20.1. The highest BCUT2D eigenvalue weighted by molar-refractivity contribution is 5.83. The van der Waals surface area contributed by atoms with Crippen LogP contribution in [0, 0.1) is 5.92 Å². The van der Waals surface area contributed by atoms with Crippen LogP contribution < -0.4 is 10.1 Å². The van der Waals surface area contributed by atoms with Gasteiger partial charge in [0.2, 0.25) is 0 Å². The number of carboxylic acids is 1. The van der Waals surface area contributed by atoms with Gasteiger partial charge in [-0.3, -0.25) is 4.79 Å². The number of benzene rings is 3. The van der Waals surface area contributed by atoms with E-state index < -0.39 is 11.9 Å². The summed E-state index contributed by atoms with van der Waals surface area (Å²) < 4.78 is 11.9. The lowest BCUT2D eigenvalue weighted by atomic mass is 9.93. The summed E-state index contributed by atoms with van der Waals surface area (Å²) in [5.74, 6) is -0.357. The number of carboxylic acid groups (broad SMARTS) is 1. The van der Waals surface area contributed by atoms with Gasteiger partial charge in [-0.15, -0.1) is 0 Å². The summed E-state index contributed by atoms with van der Waals surface area (Å²) in [6.07, 6.45) is 1.65. The molecular formula is C29H33NO4. The van der Waals surface area contributed by atoms with Crippen molar-refractivity contribution in [1.82, 2.24) is 5.32 Å². The minimum Gasteiger partial charge on any atom is -0.489 e. The Kier molecular flexibility index (Phi) is 6.09. The van der Waals surface area contributed by atoms with Crippen molar-refractivity contribution in [2.45, 2.75) is 57.3 Å². The molecule has 0 spiro atoms. The van der Waals surface area contributed by atoms with Crippen LogP contribution in [-0.2, 0) is 16.0 Å². The third-order valence-corrected chi connectivity index (χ3v) is 7.12. The van der Waals surface area contributed by atoms with E-state index in [0.717, 1.165) is 36.3 Å². The van der Waals surface area contributed by atoms with Gasteiger partial charge < -0.3 is 19.9 Å². The zero-order chi connectivity index (χ0) is 23.9. The molecule has 5 nitrogen and oxygen atoms in total. The molecular weight excluding hydrogens is 426 g/mol. The second-order valence-corrected chi connectivity index (χ2v) is 10.3. The Morgan fingerprint density at radius 2 is 1.91 bits per heavy atom. The number of rotatable bonds is 10. The molecule has 4 unspecified atom stereocenters. The second kappa shape index (κ2) is 9.05. The lowest BCUT2D eigenvalue weighted by molar-refractivity contribution is -0.139. The van der Waals surface area contributed by atoms with E-state index in [4.69, 9.17) is 9.47 Å². The average molecular weight is 460 g/mol. The van der Waals surface area contributed by atoms with Crippen LogP contribution in [0.3, 0.4) is 0 Å². The fraction of sp³-hybridized carbons (Fsp3) is 0.414. The standard InChI is InChI=1S/C29H33NO4/c1-18(21-11-12-24-23(16-21)25-26(28(31)32)27(25)34-24)33-14-6-13-30-29(2,3)17-19-9-10-20-7-4-5-8-22(20)15-19/h4-5,7-12,15-16,18,25-27,30H,6,13-14,17H2,1-3H3,(H,31,32). The molecule has 0 bridgehead atoms. The van der Waals surface area contributed by atoms with Crippen molar-refractivity contribution in [3.63, 3.8) is 0 Å². The molecule has 2 aliphatic rings. The number of ether oxygens (including phenoxy) is 2. The molecule has 5 heteroatoms. The van der Waals surface area contributed by atoms with Gasteiger partial charge in [0.15, 0.2) is 0 Å². The molecule has 0 saturated heterocycles. The van der Waals surface area contributed by atoms with Crippen LogP contribution >= 0.6 is 0 Å². The molecule has 5 rings (SSSR count). The number of nitrogens with one attached hydrogen (secondary N) is 1. The van der Waals surface area contributed by atoms with Gasteiger partial charge in [-0.2, -0.15) is 0 Å². The Morgan fingerprint density at radius 1 is 1.12 bits per heavy atom. The molecule has 4 atom stereocenters. The summed E-state index contributed by atoms with van der Waals surface area (Å²) in [7, 11) is 0. The van der Waals surface area contributed by atoms with Gasteiger partial charge in [-0.25, -0.2) is 0 Å². The van der Waals surface area contributed by atoms with E-state index in [0.29, 0.717) is 6.61 Å². The molecule has 2 N–H and O–H groups in total. The number of fused-ring (bicyclic) bond motifs is 4. The maximum absolute atomic E-state index is 11.3. The summed E-state index contributed by atoms with van der Waals surface area (Å²) >= 11 is 0. The molecule has 34 heavy (non-hydrogen) atoms. The van der Waals surface area contributed by atoms with Gasteiger partial charge in [0, 0.05) is 23.6 Å². The first-order chi connectivity index (χ1) is 16.3. The molecule has 1 aliphatic heterocycles. The summed E-state index contributed by atoms with van der Waals surface area (Å²) in [6, 6.07) is 21.2. The number of aliphatic carboxylic acids is 1. The van der Waals surface area contributed by atoms with Gasteiger partial charge >= 0.3 is 5.97 Å². The lowest BCUT2D eigenvalue weighted by Gasteiger charge is -2.27. The van der Waals surface area contributed by atoms with Crippen molar-refractivity contribution in [3.05, 3.63) is 77.4 Å². The monoisotopic (exact) mass is 459 g/mol. The van der Waals surface area contributed by atoms with Crippen molar-refractivity contribution in [2.75, 3.05) is 13.2 Å². The first-order valence-electron chi connectivity index (χ1n) is 12.2. The minimum absolute atomic E-state index is 0.00442. The first-order valence-corrected chi connectivity index (χ1v) is 12.2. The fourth-order valence-electron chi connectivity index (χ4n) is 5.21. The Hall–Kier alpha value is -2.89. The molecule has 1 fully saturated rings. The van der Waals surface area contributed by atoms with E-state index in [1.54, 1.807) is 0 Å². The fourth-order valence-corrected chi connectivity index (χ4v) is 5.21. The van der Waals surface area contributed by atoms with Gasteiger partial charge in [-0.1, -0.05) is 48.5 Å². The molecule has 1 aliphatic carbocycles. The van der Waals surface area contributed by atoms with E-state index >= 15 is 0 Å². The van der Waals surface area contributed by atoms with Crippen LogP contribution in [0.4, 0.5) is 0 Å². The molecule has 0 aromatic heterocycles. The summed E-state index contributed by atoms with van der Waals surface area (Å²) in [5.41, 5.74) is 3.42. The van der Waals surface area contributed by atoms with E-state index in [2.05, 4.69) is 67.7 Å². The topological polar surface area (TPSA) is 67.8 Å². The summed E-state index contributed by atoms with van der Waals surface area (Å²) in [6.45, 7) is 8.09. The van der Waals surface area contributed by atoms with Gasteiger partial charge in [0.1, 0.15) is 17.8 Å². The normalized spacial score (nSPS) is 21.6. The molecule has 0 radical (unpaired) electrons. The average Bonchev–Trinajstić information content (AvgIpc) is 3.41. The van der Waals surface area contributed by atoms with Crippen molar-refractivity contribution in [2.24, 2.45) is 5.92 Å². The van der Waals surface area contributed by atoms with Crippen molar-refractivity contribution < 1.29 is 19.4 Å². The predicted molar refractivity (Wildman–Crippen MR) is 133 cm³/mol. The quantitative estimate of drug-likeness (QED) is 0.393. The van der Waals surface area contributed by atoms with E-state index in [9.17, 15) is 9.90 Å². The Balaban J connectivity index is 1.08. The Labute approximate surface area is 201 Å². The molecule has 0 amide bonds. The Morgan fingerprint density at radius 3 is 2.71 bits per heavy atom. The second-order valence-electron chi connectivity index (χ2n) is 10.3. The summed E-state index contributed by atoms with van der Waals surface area (Å²) in [5, 5.41) is 15.5. The number of hydrogen-bond acceptors (Lipinski definition) is 4. The van der Waals surface area contributed by atoms with Crippen molar-refractivity contribution in [1.29, 1.82) is 0 Å². The molecule has 3 aromatic rings. The maximum atomic E-state index is 11.3. The lowest BCUT2D eigenvalue weighted by Crippen LogP contribution is -2.42. The highest BCUT2D eigenvalue weighted by atomic mass is 16.5. The van der Waals surface area contributed by atoms with E-state index in [1.165, 1.54) is 16.3 Å². The highest BCUT2D eigenvalue weighted by Gasteiger charge is 2.63. The Bertz CT molecular complexity index is 1200. The smallest absolute Gasteiger partial charge is 0.311 e. The van der Waals surface area contributed by atoms with Crippen LogP contribution in [-0.4, -0.2) is 35.9 Å². The number of hydrogen-bond donors (Lipinski definition) is 2. The van der Waals surface area contributed by atoms with Gasteiger partial charge in [0.05, 0.1) is 6.10 Å². The summed E-state index contributed by atoms with van der Waals surface area (Å²) in [4.78, 5) is 11.3. The molecule has 1 saturated carbocycles. The van der Waals surface area contributed by atoms with Gasteiger partial charge in [-0.05, 0) is 74.2 Å². The third kappa shape index (κ3) is 4.68. The predicted octanol–water partition coefficient (Wildman–Crippen LogP) is 5.48. The van der Waals surface area contributed by atoms with Gasteiger partial charge in [0.25, 0.3) is 0 Å². The van der Waals surface area contributed by atoms with E-state index in [-0.39, 0.29) is 23.7 Å². The zero-order valence-corrected chi connectivity index (χ0v) is 20.1. The molecule has 178 valence electrons. The molecule has 1 heterocycles. The number of carbonyl (C=O) groups is 1. The van der Waals surface area contributed by atoms with Crippen LogP contribution in [0.2, 0.25) is 0 Å². The van der Waals surface area contributed by atoms with Crippen LogP contribution in [0.15, 0.2) is 60.7 Å². The first kappa shape index (κ1) is 22.9. The van der Waals surface area contributed by atoms with Crippen molar-refractivity contribution in [3.8, 4) is 5.75 Å². The SMILES string of the molecule is CC(OCCCNC(C)(C)Cc1ccc2ccccc2c1)c1ccc2c(c1)C1C(O2)C1C(=O)O. The highest BCUT2D eigenvalue weighted by Crippen LogP contribution is 2.58. The van der Waals surface area contributed by atoms with Crippen LogP contribution in [0.5, 0.6) is 5.75 Å². The maximum Gasteiger partial charge on any atom is 0.311 e. The minimum atomic E-state index is -0.772. The van der Waals surface area contributed by atoms with Crippen LogP contribution in [0.25, 0.3) is 10.8 Å². The van der Waals surface area contributed by atoms with E-state index in [1.807, 2.05) is 19.1 Å². The third-order valence-electron chi connectivity index (χ3n) is 7.12. The largest absolute Gasteiger partial charge is 0.489 e.